The second-order valence-corrected chi connectivity index (χ2v) is 7.71. The molecule has 1 atom stereocenters. The number of nitro groups is 1. The molecule has 3 rings (SSSR count). The molecule has 0 aromatic heterocycles. The molecule has 1 N–H and O–H groups in total. The van der Waals surface area contributed by atoms with Crippen molar-refractivity contribution in [3.8, 4) is 5.75 Å². The number of benzene rings is 3. The minimum absolute atomic E-state index is 0.0697. The summed E-state index contributed by atoms with van der Waals surface area (Å²) in [6, 6.07) is 16.0. The number of ketones is 1. The number of non-ortho nitro benzene ring substituents is 1. The summed E-state index contributed by atoms with van der Waals surface area (Å²) in [6.07, 6.45) is -1.17. The van der Waals surface area contributed by atoms with Crippen LogP contribution in [0.2, 0.25) is 5.02 Å². The third kappa shape index (κ3) is 6.01. The van der Waals surface area contributed by atoms with Gasteiger partial charge in [0.2, 0.25) is 11.7 Å². The van der Waals surface area contributed by atoms with Gasteiger partial charge in [0.25, 0.3) is 5.69 Å². The molecule has 180 valence electrons. The fourth-order valence-corrected chi connectivity index (χ4v) is 3.40. The molecule has 0 spiro atoms. The van der Waals surface area contributed by atoms with E-state index in [4.69, 9.17) is 21.1 Å². The first kappa shape index (κ1) is 25.4. The van der Waals surface area contributed by atoms with Crippen LogP contribution in [-0.4, -0.2) is 29.7 Å². The van der Waals surface area contributed by atoms with Crippen molar-refractivity contribution in [2.45, 2.75) is 19.4 Å². The number of nitrogens with one attached hydrogen (secondary N) is 1. The zero-order valence-corrected chi connectivity index (χ0v) is 19.6. The number of hydrogen-bond donors (Lipinski definition) is 1. The minimum Gasteiger partial charge on any atom is -0.496 e. The largest absolute Gasteiger partial charge is 0.496 e. The van der Waals surface area contributed by atoms with Gasteiger partial charge in [-0.05, 0) is 18.2 Å². The Morgan fingerprint density at radius 3 is 2.29 bits per heavy atom. The number of esters is 1. The first-order valence-electron chi connectivity index (χ1n) is 10.5. The second-order valence-electron chi connectivity index (χ2n) is 7.30. The molecule has 3 aromatic rings. The van der Waals surface area contributed by atoms with Gasteiger partial charge in [-0.3, -0.25) is 19.7 Å². The van der Waals surface area contributed by atoms with E-state index in [2.05, 4.69) is 5.32 Å². The highest BCUT2D eigenvalue weighted by atomic mass is 35.5. The van der Waals surface area contributed by atoms with Crippen molar-refractivity contribution < 1.29 is 28.8 Å². The van der Waals surface area contributed by atoms with E-state index in [1.165, 1.54) is 43.5 Å². The fourth-order valence-electron chi connectivity index (χ4n) is 3.18. The molecule has 0 heterocycles. The highest BCUT2D eigenvalue weighted by molar-refractivity contribution is 6.34. The zero-order valence-electron chi connectivity index (χ0n) is 18.8. The van der Waals surface area contributed by atoms with Gasteiger partial charge in [0, 0.05) is 35.7 Å². The van der Waals surface area contributed by atoms with E-state index in [0.717, 1.165) is 0 Å². The molecule has 3 aromatic carbocycles. The van der Waals surface area contributed by atoms with Crippen molar-refractivity contribution >= 4 is 40.6 Å². The standard InChI is InChI=1S/C25H21ClN2O7/c1-3-22(29)27-20-14-21(34-2)18(13-19(20)26)25(31)35-24(23(30)15-7-5-4-6-8-15)16-9-11-17(12-10-16)28(32)33/h4-14,24H,3H2,1-2H3,(H,27,29)/t24-/m0/s1. The van der Waals surface area contributed by atoms with Crippen LogP contribution in [0.3, 0.4) is 0 Å². The Hall–Kier alpha value is -4.24. The number of amides is 1. The Bertz CT molecular complexity index is 1260. The Balaban J connectivity index is 1.98. The van der Waals surface area contributed by atoms with Gasteiger partial charge < -0.3 is 14.8 Å². The Morgan fingerprint density at radius 2 is 1.71 bits per heavy atom. The lowest BCUT2D eigenvalue weighted by Gasteiger charge is -2.19. The van der Waals surface area contributed by atoms with E-state index in [-0.39, 0.29) is 51.2 Å². The molecule has 0 saturated heterocycles. The molecule has 0 unspecified atom stereocenters. The van der Waals surface area contributed by atoms with Gasteiger partial charge in [-0.1, -0.05) is 48.9 Å². The van der Waals surface area contributed by atoms with E-state index in [1.807, 2.05) is 0 Å². The van der Waals surface area contributed by atoms with Crippen molar-refractivity contribution in [1.82, 2.24) is 0 Å². The van der Waals surface area contributed by atoms with Gasteiger partial charge in [-0.2, -0.15) is 0 Å². The number of nitrogens with zero attached hydrogens (tertiary/aromatic N) is 1. The van der Waals surface area contributed by atoms with Gasteiger partial charge in [0.05, 0.1) is 22.7 Å². The van der Waals surface area contributed by atoms with E-state index < -0.39 is 22.8 Å². The Kier molecular flexibility index (Phi) is 8.17. The van der Waals surface area contributed by atoms with Crippen LogP contribution in [0.1, 0.15) is 45.7 Å². The van der Waals surface area contributed by atoms with Crippen molar-refractivity contribution in [2.75, 3.05) is 12.4 Å². The van der Waals surface area contributed by atoms with Gasteiger partial charge >= 0.3 is 5.97 Å². The number of nitro benzene ring substituents is 1. The minimum atomic E-state index is -1.39. The average molecular weight is 497 g/mol. The van der Waals surface area contributed by atoms with Gasteiger partial charge in [-0.15, -0.1) is 0 Å². The molecule has 0 saturated carbocycles. The molecule has 0 bridgehead atoms. The normalized spacial score (nSPS) is 11.3. The maximum Gasteiger partial charge on any atom is 0.343 e. The third-order valence-corrected chi connectivity index (χ3v) is 5.34. The highest BCUT2D eigenvalue weighted by Crippen LogP contribution is 2.33. The summed E-state index contributed by atoms with van der Waals surface area (Å²) in [7, 11) is 1.33. The van der Waals surface area contributed by atoms with E-state index in [0.29, 0.717) is 0 Å². The quantitative estimate of drug-likeness (QED) is 0.182. The topological polar surface area (TPSA) is 125 Å². The molecule has 0 aliphatic rings. The van der Waals surface area contributed by atoms with E-state index in [1.54, 1.807) is 37.3 Å². The van der Waals surface area contributed by atoms with Gasteiger partial charge in [0.1, 0.15) is 11.3 Å². The van der Waals surface area contributed by atoms with Crippen molar-refractivity contribution in [2.24, 2.45) is 0 Å². The van der Waals surface area contributed by atoms with Crippen LogP contribution in [-0.2, 0) is 9.53 Å². The molecular formula is C25H21ClN2O7. The van der Waals surface area contributed by atoms with E-state index in [9.17, 15) is 24.5 Å². The first-order valence-corrected chi connectivity index (χ1v) is 10.8. The second kappa shape index (κ2) is 11.3. The fraction of sp³-hybridized carbons (Fsp3) is 0.160. The van der Waals surface area contributed by atoms with Crippen molar-refractivity contribution in [1.29, 1.82) is 0 Å². The summed E-state index contributed by atoms with van der Waals surface area (Å²) in [5.41, 5.74) is 0.532. The molecule has 35 heavy (non-hydrogen) atoms. The Morgan fingerprint density at radius 1 is 1.06 bits per heavy atom. The van der Waals surface area contributed by atoms with Crippen LogP contribution >= 0.6 is 11.6 Å². The predicted molar refractivity (Wildman–Crippen MR) is 129 cm³/mol. The number of anilines is 1. The maximum atomic E-state index is 13.2. The molecular weight excluding hydrogens is 476 g/mol. The van der Waals surface area contributed by atoms with Gasteiger partial charge in [-0.25, -0.2) is 4.79 Å². The number of halogens is 1. The number of ether oxygens (including phenoxy) is 2. The first-order chi connectivity index (χ1) is 16.7. The van der Waals surface area contributed by atoms with Crippen molar-refractivity contribution in [3.63, 3.8) is 0 Å². The lowest BCUT2D eigenvalue weighted by atomic mass is 9.99. The number of methoxy groups -OCH3 is 1. The monoisotopic (exact) mass is 496 g/mol. The van der Waals surface area contributed by atoms with Gasteiger partial charge in [0.15, 0.2) is 6.10 Å². The molecule has 1 amide bonds. The third-order valence-electron chi connectivity index (χ3n) is 5.03. The number of carbonyl (C=O) groups excluding carboxylic acids is 3. The molecule has 0 radical (unpaired) electrons. The molecule has 0 aliphatic carbocycles. The lowest BCUT2D eigenvalue weighted by Crippen LogP contribution is -2.21. The lowest BCUT2D eigenvalue weighted by molar-refractivity contribution is -0.384. The highest BCUT2D eigenvalue weighted by Gasteiger charge is 2.29. The summed E-state index contributed by atoms with van der Waals surface area (Å²) in [5, 5.41) is 13.7. The Labute approximate surface area is 205 Å². The van der Waals surface area contributed by atoms with E-state index >= 15 is 0 Å². The average Bonchev–Trinajstić information content (AvgIpc) is 2.88. The molecule has 0 fully saturated rings. The molecule has 10 heteroatoms. The smallest absolute Gasteiger partial charge is 0.343 e. The number of Topliss-reactive ketones (excluding diaryl/α,β-unsaturated/α-hetero) is 1. The van der Waals surface area contributed by atoms with Crippen LogP contribution in [0.15, 0.2) is 66.7 Å². The van der Waals surface area contributed by atoms with Crippen LogP contribution in [0.4, 0.5) is 11.4 Å². The number of hydrogen-bond acceptors (Lipinski definition) is 7. The molecule has 0 aliphatic heterocycles. The van der Waals surface area contributed by atoms with Crippen LogP contribution in [0.5, 0.6) is 5.75 Å². The van der Waals surface area contributed by atoms with Crippen molar-refractivity contribution in [3.05, 3.63) is 98.6 Å². The summed E-state index contributed by atoms with van der Waals surface area (Å²) < 4.78 is 10.9. The van der Waals surface area contributed by atoms with Crippen LogP contribution in [0, 0.1) is 10.1 Å². The summed E-state index contributed by atoms with van der Waals surface area (Å²) in [4.78, 5) is 48.6. The summed E-state index contributed by atoms with van der Waals surface area (Å²) >= 11 is 6.25. The SMILES string of the molecule is CCC(=O)Nc1cc(OC)c(C(=O)O[C@H](C(=O)c2ccccc2)c2ccc([N+](=O)[O-])cc2)cc1Cl. The van der Waals surface area contributed by atoms with Crippen LogP contribution < -0.4 is 10.1 Å². The molecule has 9 nitrogen and oxygen atoms in total. The number of carbonyl (C=O) groups is 3. The number of rotatable bonds is 9. The summed E-state index contributed by atoms with van der Waals surface area (Å²) in [5.74, 6) is -1.65. The van der Waals surface area contributed by atoms with Crippen LogP contribution in [0.25, 0.3) is 0 Å². The summed E-state index contributed by atoms with van der Waals surface area (Å²) in [6.45, 7) is 1.67. The maximum absolute atomic E-state index is 13.2. The predicted octanol–water partition coefficient (Wildman–Crippen LogP) is 5.39. The zero-order chi connectivity index (χ0) is 25.5.